The molecule has 5 nitrogen and oxygen atoms in total. The van der Waals surface area contributed by atoms with Crippen molar-refractivity contribution in [1.29, 1.82) is 0 Å². The Morgan fingerprint density at radius 3 is 2.89 bits per heavy atom. The number of fused-ring (bicyclic) bond motifs is 1. The Labute approximate surface area is 105 Å². The maximum atomic E-state index is 11.8. The first-order valence-corrected chi connectivity index (χ1v) is 5.91. The van der Waals surface area contributed by atoms with Crippen LogP contribution in [0.3, 0.4) is 0 Å². The van der Waals surface area contributed by atoms with E-state index in [1.54, 1.807) is 0 Å². The van der Waals surface area contributed by atoms with E-state index in [0.717, 1.165) is 11.3 Å². The number of nitrogens with one attached hydrogen (secondary N) is 1. The number of carbonyl (C=O) groups excluding carboxylic acids is 1. The predicted octanol–water partition coefficient (Wildman–Crippen LogP) is 0.971. The van der Waals surface area contributed by atoms with Gasteiger partial charge in [-0.1, -0.05) is 18.2 Å². The van der Waals surface area contributed by atoms with Gasteiger partial charge in [-0.25, -0.2) is 0 Å². The molecule has 1 aliphatic heterocycles. The van der Waals surface area contributed by atoms with Gasteiger partial charge < -0.3 is 15.2 Å². The molecule has 2 rings (SSSR count). The third-order valence-corrected chi connectivity index (χ3v) is 2.81. The number of hydrogen-bond donors (Lipinski definition) is 2. The van der Waals surface area contributed by atoms with Gasteiger partial charge in [-0.05, 0) is 18.1 Å². The van der Waals surface area contributed by atoms with Crippen molar-refractivity contribution in [3.8, 4) is 5.75 Å². The van der Waals surface area contributed by atoms with Crippen LogP contribution in [-0.4, -0.2) is 29.6 Å². The molecular formula is C13H15NO4. The number of carboxylic acid groups (broad SMARTS) is 1. The van der Waals surface area contributed by atoms with Crippen LogP contribution in [0.2, 0.25) is 0 Å². The van der Waals surface area contributed by atoms with Crippen molar-refractivity contribution in [3.63, 3.8) is 0 Å². The number of para-hydroxylation sites is 1. The molecule has 1 aliphatic rings. The van der Waals surface area contributed by atoms with Crippen LogP contribution in [0.15, 0.2) is 24.3 Å². The number of aliphatic carboxylic acids is 1. The summed E-state index contributed by atoms with van der Waals surface area (Å²) in [6, 6.07) is 7.56. The third kappa shape index (κ3) is 3.00. The van der Waals surface area contributed by atoms with Crippen LogP contribution in [0.5, 0.6) is 5.75 Å². The van der Waals surface area contributed by atoms with E-state index in [1.165, 1.54) is 0 Å². The molecule has 0 saturated carbocycles. The fraction of sp³-hybridized carbons (Fsp3) is 0.385. The van der Waals surface area contributed by atoms with Gasteiger partial charge in [0.05, 0.1) is 0 Å². The number of amides is 1. The van der Waals surface area contributed by atoms with E-state index in [2.05, 4.69) is 5.32 Å². The van der Waals surface area contributed by atoms with Crippen molar-refractivity contribution in [3.05, 3.63) is 29.8 Å². The van der Waals surface area contributed by atoms with E-state index >= 15 is 0 Å². The highest BCUT2D eigenvalue weighted by atomic mass is 16.5. The zero-order valence-corrected chi connectivity index (χ0v) is 9.89. The van der Waals surface area contributed by atoms with Crippen LogP contribution in [0.4, 0.5) is 0 Å². The van der Waals surface area contributed by atoms with Gasteiger partial charge in [-0.3, -0.25) is 9.59 Å². The predicted molar refractivity (Wildman–Crippen MR) is 64.4 cm³/mol. The standard InChI is InChI=1S/C13H15NO4/c15-12(16)6-3-7-14-13(17)11-8-9-4-1-2-5-10(9)18-11/h1-2,4-5,11H,3,6-8H2,(H,14,17)(H,15,16). The second-order valence-electron chi connectivity index (χ2n) is 4.21. The molecule has 0 bridgehead atoms. The quantitative estimate of drug-likeness (QED) is 0.762. The summed E-state index contributed by atoms with van der Waals surface area (Å²) < 4.78 is 5.52. The fourth-order valence-corrected chi connectivity index (χ4v) is 1.89. The molecule has 18 heavy (non-hydrogen) atoms. The molecule has 1 amide bonds. The number of hydrogen-bond acceptors (Lipinski definition) is 3. The molecule has 1 atom stereocenters. The average molecular weight is 249 g/mol. The van der Waals surface area contributed by atoms with Gasteiger partial charge in [-0.2, -0.15) is 0 Å². The topological polar surface area (TPSA) is 75.6 Å². The molecule has 0 aromatic heterocycles. The van der Waals surface area contributed by atoms with E-state index in [-0.39, 0.29) is 12.3 Å². The first-order chi connectivity index (χ1) is 8.66. The maximum Gasteiger partial charge on any atom is 0.303 e. The minimum atomic E-state index is -0.853. The molecule has 96 valence electrons. The van der Waals surface area contributed by atoms with E-state index in [9.17, 15) is 9.59 Å². The third-order valence-electron chi connectivity index (χ3n) is 2.81. The highest BCUT2D eigenvalue weighted by Crippen LogP contribution is 2.27. The maximum absolute atomic E-state index is 11.8. The summed E-state index contributed by atoms with van der Waals surface area (Å²) in [7, 11) is 0. The Morgan fingerprint density at radius 2 is 2.17 bits per heavy atom. The summed E-state index contributed by atoms with van der Waals surface area (Å²) >= 11 is 0. The Bertz CT molecular complexity index is 433. The van der Waals surface area contributed by atoms with Crippen molar-refractivity contribution < 1.29 is 19.4 Å². The van der Waals surface area contributed by atoms with Gasteiger partial charge in [0.25, 0.3) is 5.91 Å². The molecule has 0 fully saturated rings. The monoisotopic (exact) mass is 249 g/mol. The second-order valence-corrected chi connectivity index (χ2v) is 4.21. The van der Waals surface area contributed by atoms with Gasteiger partial charge in [0, 0.05) is 19.4 Å². The van der Waals surface area contributed by atoms with Crippen molar-refractivity contribution >= 4 is 11.9 Å². The molecule has 1 unspecified atom stereocenters. The Balaban J connectivity index is 1.77. The van der Waals surface area contributed by atoms with Gasteiger partial charge in [0.15, 0.2) is 6.10 Å². The normalized spacial score (nSPS) is 16.8. The first kappa shape index (κ1) is 12.4. The lowest BCUT2D eigenvalue weighted by Gasteiger charge is -2.10. The lowest BCUT2D eigenvalue weighted by molar-refractivity contribution is -0.137. The number of rotatable bonds is 5. The van der Waals surface area contributed by atoms with E-state index in [0.29, 0.717) is 19.4 Å². The highest BCUT2D eigenvalue weighted by Gasteiger charge is 2.28. The van der Waals surface area contributed by atoms with Crippen LogP contribution in [0.1, 0.15) is 18.4 Å². The molecule has 0 spiro atoms. The summed E-state index contributed by atoms with van der Waals surface area (Å²) in [6.07, 6.45) is 0.570. The lowest BCUT2D eigenvalue weighted by atomic mass is 10.1. The number of carbonyl (C=O) groups is 2. The van der Waals surface area contributed by atoms with Crippen molar-refractivity contribution in [2.45, 2.75) is 25.4 Å². The summed E-state index contributed by atoms with van der Waals surface area (Å²) in [5, 5.41) is 11.2. The van der Waals surface area contributed by atoms with Crippen LogP contribution in [0.25, 0.3) is 0 Å². The van der Waals surface area contributed by atoms with Crippen molar-refractivity contribution in [2.24, 2.45) is 0 Å². The Morgan fingerprint density at radius 1 is 1.39 bits per heavy atom. The largest absolute Gasteiger partial charge is 0.481 e. The first-order valence-electron chi connectivity index (χ1n) is 5.91. The molecule has 0 radical (unpaired) electrons. The molecule has 5 heteroatoms. The molecule has 0 saturated heterocycles. The van der Waals surface area contributed by atoms with Crippen molar-refractivity contribution in [1.82, 2.24) is 5.32 Å². The summed E-state index contributed by atoms with van der Waals surface area (Å²) in [6.45, 7) is 0.362. The summed E-state index contributed by atoms with van der Waals surface area (Å²) in [4.78, 5) is 22.1. The zero-order chi connectivity index (χ0) is 13.0. The molecule has 1 aromatic carbocycles. The van der Waals surface area contributed by atoms with E-state index < -0.39 is 12.1 Å². The Hall–Kier alpha value is -2.04. The van der Waals surface area contributed by atoms with Crippen LogP contribution in [-0.2, 0) is 16.0 Å². The number of benzene rings is 1. The minimum absolute atomic E-state index is 0.0615. The zero-order valence-electron chi connectivity index (χ0n) is 9.89. The number of carboxylic acids is 1. The number of ether oxygens (including phenoxy) is 1. The second kappa shape index (κ2) is 5.53. The summed E-state index contributed by atoms with van der Waals surface area (Å²) in [5.41, 5.74) is 1.03. The molecule has 1 aromatic rings. The van der Waals surface area contributed by atoms with E-state index in [4.69, 9.17) is 9.84 Å². The van der Waals surface area contributed by atoms with Gasteiger partial charge in [0.1, 0.15) is 5.75 Å². The smallest absolute Gasteiger partial charge is 0.303 e. The molecule has 2 N–H and O–H groups in total. The highest BCUT2D eigenvalue weighted by molar-refractivity contribution is 5.82. The average Bonchev–Trinajstić information content (AvgIpc) is 2.78. The van der Waals surface area contributed by atoms with Crippen molar-refractivity contribution in [2.75, 3.05) is 6.54 Å². The molecule has 1 heterocycles. The molecule has 0 aliphatic carbocycles. The fourth-order valence-electron chi connectivity index (χ4n) is 1.89. The van der Waals surface area contributed by atoms with Crippen LogP contribution < -0.4 is 10.1 Å². The summed E-state index contributed by atoms with van der Waals surface area (Å²) in [5.74, 6) is -0.284. The molecular weight excluding hydrogens is 234 g/mol. The van der Waals surface area contributed by atoms with Gasteiger partial charge in [-0.15, -0.1) is 0 Å². The minimum Gasteiger partial charge on any atom is -0.481 e. The van der Waals surface area contributed by atoms with Crippen LogP contribution in [0, 0.1) is 0 Å². The van der Waals surface area contributed by atoms with Gasteiger partial charge in [0.2, 0.25) is 0 Å². The van der Waals surface area contributed by atoms with Gasteiger partial charge >= 0.3 is 5.97 Å². The Kier molecular flexibility index (Phi) is 3.82. The van der Waals surface area contributed by atoms with Crippen LogP contribution >= 0.6 is 0 Å². The lowest BCUT2D eigenvalue weighted by Crippen LogP contribution is -2.38. The SMILES string of the molecule is O=C(O)CCCNC(=O)C1Cc2ccccc2O1. The van der Waals surface area contributed by atoms with E-state index in [1.807, 2.05) is 24.3 Å².